The second-order valence-corrected chi connectivity index (χ2v) is 6.52. The van der Waals surface area contributed by atoms with Crippen LogP contribution in [0.5, 0.6) is 0 Å². The van der Waals surface area contributed by atoms with E-state index < -0.39 is 0 Å². The van der Waals surface area contributed by atoms with Crippen molar-refractivity contribution in [2.45, 2.75) is 52.4 Å². The summed E-state index contributed by atoms with van der Waals surface area (Å²) in [6, 6.07) is 4.96. The van der Waals surface area contributed by atoms with Gasteiger partial charge in [-0.2, -0.15) is 0 Å². The molecule has 0 amide bonds. The molecule has 5 unspecified atom stereocenters. The molecule has 2 rings (SSSR count). The lowest BCUT2D eigenvalue weighted by molar-refractivity contribution is 0.0476. The molecule has 1 aliphatic rings. The Hall–Kier alpha value is -0.640. The Labute approximate surface area is 132 Å². The van der Waals surface area contributed by atoms with Crippen molar-refractivity contribution in [3.05, 3.63) is 34.6 Å². The van der Waals surface area contributed by atoms with Crippen LogP contribution in [0.25, 0.3) is 0 Å². The zero-order chi connectivity index (χ0) is 15.6. The molecule has 1 N–H and O–H groups in total. The number of hydrogen-bond donors (Lipinski definition) is 1. The zero-order valence-corrected chi connectivity index (χ0v) is 14.0. The summed E-state index contributed by atoms with van der Waals surface area (Å²) in [5.41, 5.74) is 0.674. The predicted octanol–water partition coefficient (Wildman–Crippen LogP) is 4.06. The van der Waals surface area contributed by atoms with Gasteiger partial charge >= 0.3 is 0 Å². The summed E-state index contributed by atoms with van der Waals surface area (Å²) in [7, 11) is 0. The number of hydrogen-bond acceptors (Lipinski definition) is 2. The fourth-order valence-corrected chi connectivity index (χ4v) is 3.73. The van der Waals surface area contributed by atoms with Crippen LogP contribution in [-0.4, -0.2) is 24.8 Å². The van der Waals surface area contributed by atoms with E-state index in [4.69, 9.17) is 16.3 Å². The van der Waals surface area contributed by atoms with E-state index in [1.54, 1.807) is 12.1 Å². The van der Waals surface area contributed by atoms with Crippen molar-refractivity contribution in [2.75, 3.05) is 6.54 Å². The molecule has 1 aliphatic heterocycles. The summed E-state index contributed by atoms with van der Waals surface area (Å²) in [6.45, 7) is 9.39. The molecule has 1 aromatic rings. The maximum Gasteiger partial charge on any atom is 0.126 e. The van der Waals surface area contributed by atoms with E-state index in [9.17, 15) is 4.39 Å². The highest BCUT2D eigenvalue weighted by Crippen LogP contribution is 2.35. The first-order chi connectivity index (χ1) is 9.93. The van der Waals surface area contributed by atoms with Crippen molar-refractivity contribution in [1.82, 2.24) is 5.32 Å². The van der Waals surface area contributed by atoms with Crippen LogP contribution in [0.1, 0.15) is 33.3 Å². The molecule has 21 heavy (non-hydrogen) atoms. The molecular weight excluding hydrogens is 289 g/mol. The number of halogens is 2. The van der Waals surface area contributed by atoms with Gasteiger partial charge in [0.15, 0.2) is 0 Å². The molecular formula is C17H25ClFNO. The first-order valence-corrected chi connectivity index (χ1v) is 8.14. The van der Waals surface area contributed by atoms with Gasteiger partial charge in [0.05, 0.1) is 12.2 Å². The van der Waals surface area contributed by atoms with Gasteiger partial charge in [0, 0.05) is 17.0 Å². The molecule has 0 saturated carbocycles. The summed E-state index contributed by atoms with van der Waals surface area (Å²) >= 11 is 6.01. The summed E-state index contributed by atoms with van der Waals surface area (Å²) in [5.74, 6) is 0.638. The Balaban J connectivity index is 2.21. The van der Waals surface area contributed by atoms with Gasteiger partial charge in [0.1, 0.15) is 5.82 Å². The average molecular weight is 314 g/mol. The molecule has 4 heteroatoms. The van der Waals surface area contributed by atoms with Gasteiger partial charge in [-0.05, 0) is 56.5 Å². The van der Waals surface area contributed by atoms with E-state index in [0.717, 1.165) is 6.54 Å². The number of likely N-dealkylation sites (N-methyl/N-ethyl adjacent to an activating group) is 1. The third kappa shape index (κ3) is 3.77. The Morgan fingerprint density at radius 3 is 2.57 bits per heavy atom. The van der Waals surface area contributed by atoms with Gasteiger partial charge < -0.3 is 10.1 Å². The van der Waals surface area contributed by atoms with E-state index in [1.807, 2.05) is 0 Å². The Morgan fingerprint density at radius 1 is 1.29 bits per heavy atom. The number of rotatable bonds is 5. The summed E-state index contributed by atoms with van der Waals surface area (Å²) in [6.07, 6.45) is 1.06. The summed E-state index contributed by atoms with van der Waals surface area (Å²) in [5, 5.41) is 4.09. The van der Waals surface area contributed by atoms with Gasteiger partial charge in [-0.3, -0.25) is 0 Å². The van der Waals surface area contributed by atoms with Gasteiger partial charge in [-0.1, -0.05) is 25.4 Å². The SMILES string of the molecule is CCNC(Cc1cc(Cl)ccc1F)C1C(C)OC(C)C1C. The quantitative estimate of drug-likeness (QED) is 0.885. The van der Waals surface area contributed by atoms with Gasteiger partial charge in [0.25, 0.3) is 0 Å². The minimum atomic E-state index is -0.186. The molecule has 0 aromatic heterocycles. The van der Waals surface area contributed by atoms with Crippen LogP contribution < -0.4 is 5.32 Å². The van der Waals surface area contributed by atoms with Crippen LogP contribution in [-0.2, 0) is 11.2 Å². The monoisotopic (exact) mass is 313 g/mol. The minimum Gasteiger partial charge on any atom is -0.375 e. The fraction of sp³-hybridized carbons (Fsp3) is 0.647. The zero-order valence-electron chi connectivity index (χ0n) is 13.2. The van der Waals surface area contributed by atoms with Crippen molar-refractivity contribution >= 4 is 11.6 Å². The van der Waals surface area contributed by atoms with Crippen molar-refractivity contribution < 1.29 is 9.13 Å². The molecule has 0 spiro atoms. The van der Waals surface area contributed by atoms with E-state index in [1.165, 1.54) is 6.07 Å². The molecule has 2 nitrogen and oxygen atoms in total. The summed E-state index contributed by atoms with van der Waals surface area (Å²) in [4.78, 5) is 0. The van der Waals surface area contributed by atoms with Gasteiger partial charge in [0.2, 0.25) is 0 Å². The molecule has 5 atom stereocenters. The molecule has 1 saturated heterocycles. The van der Waals surface area contributed by atoms with Gasteiger partial charge in [-0.15, -0.1) is 0 Å². The fourth-order valence-electron chi connectivity index (χ4n) is 3.53. The highest BCUT2D eigenvalue weighted by atomic mass is 35.5. The van der Waals surface area contributed by atoms with Crippen molar-refractivity contribution in [3.8, 4) is 0 Å². The molecule has 1 aromatic carbocycles. The maximum atomic E-state index is 14.0. The van der Waals surface area contributed by atoms with Crippen LogP contribution in [0.3, 0.4) is 0 Å². The van der Waals surface area contributed by atoms with Crippen molar-refractivity contribution in [3.63, 3.8) is 0 Å². The molecule has 0 bridgehead atoms. The summed E-state index contributed by atoms with van der Waals surface area (Å²) < 4.78 is 20.0. The third-order valence-electron chi connectivity index (χ3n) is 4.70. The molecule has 118 valence electrons. The van der Waals surface area contributed by atoms with Gasteiger partial charge in [-0.25, -0.2) is 4.39 Å². The van der Waals surface area contributed by atoms with Crippen LogP contribution in [0.4, 0.5) is 4.39 Å². The molecule has 1 heterocycles. The normalized spacial score (nSPS) is 30.6. The number of nitrogens with one attached hydrogen (secondary N) is 1. The molecule has 0 aliphatic carbocycles. The highest BCUT2D eigenvalue weighted by molar-refractivity contribution is 6.30. The third-order valence-corrected chi connectivity index (χ3v) is 4.93. The number of ether oxygens (including phenoxy) is 1. The van der Waals surface area contributed by atoms with Crippen LogP contribution >= 0.6 is 11.6 Å². The lowest BCUT2D eigenvalue weighted by atomic mass is 9.81. The number of benzene rings is 1. The second-order valence-electron chi connectivity index (χ2n) is 6.09. The van der Waals surface area contributed by atoms with Crippen molar-refractivity contribution in [1.29, 1.82) is 0 Å². The standard InChI is InChI=1S/C17H25ClFNO/c1-5-20-16(17-10(2)11(3)21-12(17)4)9-13-8-14(18)6-7-15(13)19/h6-8,10-12,16-17,20H,5,9H2,1-4H3. The highest BCUT2D eigenvalue weighted by Gasteiger charge is 2.41. The maximum absolute atomic E-state index is 14.0. The smallest absolute Gasteiger partial charge is 0.126 e. The second kappa shape index (κ2) is 7.08. The van der Waals surface area contributed by atoms with E-state index in [0.29, 0.717) is 28.8 Å². The van der Waals surface area contributed by atoms with E-state index >= 15 is 0 Å². The van der Waals surface area contributed by atoms with Crippen molar-refractivity contribution in [2.24, 2.45) is 11.8 Å². The molecule has 1 fully saturated rings. The predicted molar refractivity (Wildman–Crippen MR) is 85.2 cm³/mol. The topological polar surface area (TPSA) is 21.3 Å². The van der Waals surface area contributed by atoms with Crippen LogP contribution in [0.2, 0.25) is 5.02 Å². The first-order valence-electron chi connectivity index (χ1n) is 7.76. The molecule has 0 radical (unpaired) electrons. The Morgan fingerprint density at radius 2 is 2.00 bits per heavy atom. The Kier molecular flexibility index (Phi) is 5.64. The van der Waals surface area contributed by atoms with Crippen LogP contribution in [0, 0.1) is 17.7 Å². The average Bonchev–Trinajstić information content (AvgIpc) is 2.67. The Bertz CT molecular complexity index is 482. The van der Waals surface area contributed by atoms with E-state index in [-0.39, 0.29) is 24.1 Å². The lowest BCUT2D eigenvalue weighted by Crippen LogP contribution is -2.43. The first kappa shape index (κ1) is 16.7. The largest absolute Gasteiger partial charge is 0.375 e. The minimum absolute atomic E-state index is 0.182. The lowest BCUT2D eigenvalue weighted by Gasteiger charge is -2.30. The van der Waals surface area contributed by atoms with E-state index in [2.05, 4.69) is 33.0 Å². The van der Waals surface area contributed by atoms with Crippen LogP contribution in [0.15, 0.2) is 18.2 Å².